The fourth-order valence-electron chi connectivity index (χ4n) is 2.12. The van der Waals surface area contributed by atoms with Gasteiger partial charge in [-0.15, -0.1) is 0 Å². The van der Waals surface area contributed by atoms with Gasteiger partial charge in [0.15, 0.2) is 0 Å². The van der Waals surface area contributed by atoms with Gasteiger partial charge in [0, 0.05) is 12.4 Å². The molecular formula is C15H14N4OS. The van der Waals surface area contributed by atoms with Crippen LogP contribution in [0.5, 0.6) is 0 Å². The van der Waals surface area contributed by atoms with E-state index in [1.807, 2.05) is 37.3 Å². The monoisotopic (exact) mass is 298 g/mol. The van der Waals surface area contributed by atoms with Gasteiger partial charge in [-0.3, -0.25) is 4.79 Å². The number of nitrogens with one attached hydrogen (secondary N) is 2. The second-order valence-electron chi connectivity index (χ2n) is 4.57. The Morgan fingerprint density at radius 2 is 2.00 bits per heavy atom. The van der Waals surface area contributed by atoms with Crippen LogP contribution in [0.2, 0.25) is 0 Å². The largest absolute Gasteiger partial charge is 0.378 e. The van der Waals surface area contributed by atoms with Crippen molar-refractivity contribution in [3.8, 4) is 0 Å². The molecule has 1 aromatic carbocycles. The van der Waals surface area contributed by atoms with Crippen LogP contribution in [0.3, 0.4) is 0 Å². The molecule has 6 heteroatoms. The highest BCUT2D eigenvalue weighted by molar-refractivity contribution is 7.10. The highest BCUT2D eigenvalue weighted by Gasteiger charge is 2.18. The van der Waals surface area contributed by atoms with Crippen molar-refractivity contribution in [1.29, 1.82) is 0 Å². The molecule has 1 amide bonds. The van der Waals surface area contributed by atoms with Crippen molar-refractivity contribution in [2.75, 3.05) is 17.7 Å². The number of carbonyl (C=O) groups is 1. The van der Waals surface area contributed by atoms with Crippen molar-refractivity contribution in [2.24, 2.45) is 0 Å². The molecule has 0 radical (unpaired) electrons. The van der Waals surface area contributed by atoms with Crippen molar-refractivity contribution < 1.29 is 4.79 Å². The molecule has 2 N–H and O–H groups in total. The van der Waals surface area contributed by atoms with Crippen molar-refractivity contribution >= 4 is 39.2 Å². The van der Waals surface area contributed by atoms with Crippen LogP contribution in [0.1, 0.15) is 16.1 Å². The van der Waals surface area contributed by atoms with Gasteiger partial charge in [0.1, 0.15) is 10.8 Å². The SMILES string of the molecule is CNc1snc(C)c1C(=O)Nc1ccc2ccccc2n1. The fraction of sp³-hybridized carbons (Fsp3) is 0.133. The Hall–Kier alpha value is -2.47. The molecule has 2 aromatic heterocycles. The van der Waals surface area contributed by atoms with Crippen LogP contribution in [0.25, 0.3) is 10.9 Å². The van der Waals surface area contributed by atoms with E-state index >= 15 is 0 Å². The van der Waals surface area contributed by atoms with Crippen LogP contribution in [0, 0.1) is 6.92 Å². The maximum Gasteiger partial charge on any atom is 0.261 e. The van der Waals surface area contributed by atoms with Crippen LogP contribution in [0.4, 0.5) is 10.8 Å². The number of hydrogen-bond acceptors (Lipinski definition) is 5. The van der Waals surface area contributed by atoms with Gasteiger partial charge in [-0.2, -0.15) is 4.37 Å². The van der Waals surface area contributed by atoms with Crippen LogP contribution in [0.15, 0.2) is 36.4 Å². The van der Waals surface area contributed by atoms with Crippen molar-refractivity contribution in [2.45, 2.75) is 6.92 Å². The zero-order valence-electron chi connectivity index (χ0n) is 11.7. The summed E-state index contributed by atoms with van der Waals surface area (Å²) in [6, 6.07) is 11.5. The van der Waals surface area contributed by atoms with E-state index in [1.54, 1.807) is 13.1 Å². The molecule has 0 saturated carbocycles. The van der Waals surface area contributed by atoms with Crippen LogP contribution in [-0.4, -0.2) is 22.3 Å². The molecular weight excluding hydrogens is 284 g/mol. The van der Waals surface area contributed by atoms with Crippen molar-refractivity contribution in [3.63, 3.8) is 0 Å². The number of benzene rings is 1. The van der Waals surface area contributed by atoms with E-state index in [0.717, 1.165) is 15.9 Å². The first-order chi connectivity index (χ1) is 10.2. The number of anilines is 2. The van der Waals surface area contributed by atoms with Crippen LogP contribution < -0.4 is 10.6 Å². The van der Waals surface area contributed by atoms with E-state index in [-0.39, 0.29) is 5.91 Å². The lowest BCUT2D eigenvalue weighted by Crippen LogP contribution is -2.14. The Balaban J connectivity index is 1.90. The lowest BCUT2D eigenvalue weighted by molar-refractivity contribution is 0.102. The number of amides is 1. The van der Waals surface area contributed by atoms with Crippen molar-refractivity contribution in [3.05, 3.63) is 47.7 Å². The minimum absolute atomic E-state index is 0.201. The quantitative estimate of drug-likeness (QED) is 0.778. The third kappa shape index (κ3) is 2.57. The second kappa shape index (κ2) is 5.49. The number of hydrogen-bond donors (Lipinski definition) is 2. The van der Waals surface area contributed by atoms with Gasteiger partial charge in [0.25, 0.3) is 5.91 Å². The summed E-state index contributed by atoms with van der Waals surface area (Å²) in [5, 5.41) is 7.61. The molecule has 0 saturated heterocycles. The van der Waals surface area contributed by atoms with E-state index < -0.39 is 0 Å². The van der Waals surface area contributed by atoms with E-state index in [9.17, 15) is 4.79 Å². The standard InChI is InChI=1S/C15H14N4OS/c1-9-13(15(16-2)21-19-9)14(20)18-12-8-7-10-5-3-4-6-11(10)17-12/h3-8,16H,1-2H3,(H,17,18,20). The summed E-state index contributed by atoms with van der Waals surface area (Å²) < 4.78 is 4.20. The Labute approximate surface area is 126 Å². The molecule has 0 aliphatic heterocycles. The first-order valence-corrected chi connectivity index (χ1v) is 7.27. The zero-order valence-corrected chi connectivity index (χ0v) is 12.5. The Morgan fingerprint density at radius 1 is 1.19 bits per heavy atom. The fourth-order valence-corrected chi connectivity index (χ4v) is 2.86. The molecule has 0 aliphatic carbocycles. The number of rotatable bonds is 3. The predicted molar refractivity (Wildman–Crippen MR) is 86.1 cm³/mol. The summed E-state index contributed by atoms with van der Waals surface area (Å²) in [5.41, 5.74) is 2.13. The van der Waals surface area contributed by atoms with Crippen LogP contribution in [-0.2, 0) is 0 Å². The first-order valence-electron chi connectivity index (χ1n) is 6.50. The third-order valence-corrected chi connectivity index (χ3v) is 4.11. The Morgan fingerprint density at radius 3 is 2.81 bits per heavy atom. The topological polar surface area (TPSA) is 66.9 Å². The molecule has 0 atom stereocenters. The lowest BCUT2D eigenvalue weighted by Gasteiger charge is -2.06. The van der Waals surface area contributed by atoms with E-state index in [4.69, 9.17) is 0 Å². The van der Waals surface area contributed by atoms with Gasteiger partial charge in [0.05, 0.1) is 16.8 Å². The predicted octanol–water partition coefficient (Wildman–Crippen LogP) is 3.29. The summed E-state index contributed by atoms with van der Waals surface area (Å²) in [6.45, 7) is 1.82. The average molecular weight is 298 g/mol. The molecule has 3 aromatic rings. The summed E-state index contributed by atoms with van der Waals surface area (Å²) in [4.78, 5) is 16.8. The smallest absolute Gasteiger partial charge is 0.261 e. The zero-order chi connectivity index (χ0) is 14.8. The highest BCUT2D eigenvalue weighted by Crippen LogP contribution is 2.25. The molecule has 0 aliphatic rings. The van der Waals surface area contributed by atoms with Crippen molar-refractivity contribution in [1.82, 2.24) is 9.36 Å². The van der Waals surface area contributed by atoms with Gasteiger partial charge in [-0.25, -0.2) is 4.98 Å². The average Bonchev–Trinajstić information content (AvgIpc) is 2.88. The number of aryl methyl sites for hydroxylation is 1. The second-order valence-corrected chi connectivity index (χ2v) is 5.34. The molecule has 21 heavy (non-hydrogen) atoms. The maximum atomic E-state index is 12.4. The summed E-state index contributed by atoms with van der Waals surface area (Å²) in [5.74, 6) is 0.333. The van der Waals surface area contributed by atoms with Gasteiger partial charge >= 0.3 is 0 Å². The van der Waals surface area contributed by atoms with Gasteiger partial charge in [-0.1, -0.05) is 18.2 Å². The van der Waals surface area contributed by atoms with Gasteiger partial charge in [0.2, 0.25) is 0 Å². The highest BCUT2D eigenvalue weighted by atomic mass is 32.1. The summed E-state index contributed by atoms with van der Waals surface area (Å²) in [6.07, 6.45) is 0. The Bertz CT molecular complexity index is 812. The minimum Gasteiger partial charge on any atom is -0.378 e. The maximum absolute atomic E-state index is 12.4. The van der Waals surface area contributed by atoms with Crippen LogP contribution >= 0.6 is 11.5 Å². The summed E-state index contributed by atoms with van der Waals surface area (Å²) >= 11 is 1.28. The van der Waals surface area contributed by atoms with Gasteiger partial charge < -0.3 is 10.6 Å². The number of para-hydroxylation sites is 1. The molecule has 3 rings (SSSR count). The number of aromatic nitrogens is 2. The molecule has 106 valence electrons. The third-order valence-electron chi connectivity index (χ3n) is 3.16. The van der Waals surface area contributed by atoms with E-state index in [1.165, 1.54) is 11.5 Å². The van der Waals surface area contributed by atoms with E-state index in [0.29, 0.717) is 17.1 Å². The number of carbonyl (C=O) groups excluding carboxylic acids is 1. The first kappa shape index (κ1) is 13.5. The molecule has 2 heterocycles. The molecule has 0 fully saturated rings. The summed E-state index contributed by atoms with van der Waals surface area (Å²) in [7, 11) is 1.78. The number of nitrogens with zero attached hydrogens (tertiary/aromatic N) is 2. The number of pyridine rings is 1. The molecule has 5 nitrogen and oxygen atoms in total. The normalized spacial score (nSPS) is 10.6. The minimum atomic E-state index is -0.201. The lowest BCUT2D eigenvalue weighted by atomic mass is 10.2. The molecule has 0 unspecified atom stereocenters. The van der Waals surface area contributed by atoms with Gasteiger partial charge in [-0.05, 0) is 36.7 Å². The molecule has 0 spiro atoms. The Kier molecular flexibility index (Phi) is 3.53. The molecule has 0 bridgehead atoms. The number of fused-ring (bicyclic) bond motifs is 1. The van der Waals surface area contributed by atoms with E-state index in [2.05, 4.69) is 20.0 Å².